The average molecular weight is 383 g/mol. The number of hydrogen-bond acceptors (Lipinski definition) is 4. The Hall–Kier alpha value is -3.02. The molecule has 2 amide bonds. The topological polar surface area (TPSA) is 110 Å². The van der Waals surface area contributed by atoms with Gasteiger partial charge in [0, 0.05) is 35.6 Å². The first-order valence-electron chi connectivity index (χ1n) is 9.84. The van der Waals surface area contributed by atoms with E-state index in [0.717, 1.165) is 38.5 Å². The maximum atomic E-state index is 11.9. The van der Waals surface area contributed by atoms with Crippen LogP contribution in [0.2, 0.25) is 0 Å². The average Bonchev–Trinajstić information content (AvgIpc) is 2.70. The zero-order chi connectivity index (χ0) is 20.2. The van der Waals surface area contributed by atoms with Gasteiger partial charge in [0.2, 0.25) is 0 Å². The van der Waals surface area contributed by atoms with Gasteiger partial charge in [-0.15, -0.1) is 0 Å². The summed E-state index contributed by atoms with van der Waals surface area (Å²) in [5, 5.41) is 5.85. The van der Waals surface area contributed by atoms with Crippen molar-refractivity contribution in [1.82, 2.24) is 10.6 Å². The van der Waals surface area contributed by atoms with Gasteiger partial charge >= 0.3 is 0 Å². The maximum absolute atomic E-state index is 11.9. The molecule has 0 unspecified atom stereocenters. The lowest BCUT2D eigenvalue weighted by molar-refractivity contribution is 0.0944. The number of benzene rings is 2. The fraction of sp³-hybridized carbons (Fsp3) is 0.364. The number of nitrogen functional groups attached to an aromatic ring is 2. The molecular weight excluding hydrogens is 352 g/mol. The summed E-state index contributed by atoms with van der Waals surface area (Å²) in [6.07, 6.45) is 6.36. The van der Waals surface area contributed by atoms with E-state index in [1.54, 1.807) is 48.5 Å². The molecule has 150 valence electrons. The maximum Gasteiger partial charge on any atom is 0.251 e. The van der Waals surface area contributed by atoms with Gasteiger partial charge in [-0.1, -0.05) is 25.7 Å². The number of nitrogens with one attached hydrogen (secondary N) is 2. The van der Waals surface area contributed by atoms with E-state index in [-0.39, 0.29) is 11.8 Å². The van der Waals surface area contributed by atoms with Crippen molar-refractivity contribution in [1.29, 1.82) is 0 Å². The van der Waals surface area contributed by atoms with Crippen molar-refractivity contribution in [3.63, 3.8) is 0 Å². The molecule has 6 nitrogen and oxygen atoms in total. The Balaban J connectivity index is 1.44. The predicted molar refractivity (Wildman–Crippen MR) is 114 cm³/mol. The SMILES string of the molecule is Nc1ccc(C(=O)NCCCCCCCCNC(=O)c2ccc(N)cc2)cc1. The third kappa shape index (κ3) is 7.70. The molecule has 0 heterocycles. The van der Waals surface area contributed by atoms with Gasteiger partial charge in [0.15, 0.2) is 0 Å². The largest absolute Gasteiger partial charge is 0.399 e. The van der Waals surface area contributed by atoms with Crippen molar-refractivity contribution < 1.29 is 9.59 Å². The van der Waals surface area contributed by atoms with Crippen LogP contribution in [-0.2, 0) is 0 Å². The number of carbonyl (C=O) groups excluding carboxylic acids is 2. The van der Waals surface area contributed by atoms with Gasteiger partial charge in [0.05, 0.1) is 0 Å². The fourth-order valence-electron chi connectivity index (χ4n) is 2.83. The summed E-state index contributed by atoms with van der Waals surface area (Å²) >= 11 is 0. The zero-order valence-corrected chi connectivity index (χ0v) is 16.2. The second-order valence-electron chi connectivity index (χ2n) is 6.88. The number of carbonyl (C=O) groups is 2. The summed E-state index contributed by atoms with van der Waals surface area (Å²) in [5.41, 5.74) is 13.8. The molecule has 0 aromatic heterocycles. The van der Waals surface area contributed by atoms with E-state index in [0.29, 0.717) is 35.6 Å². The first-order valence-corrected chi connectivity index (χ1v) is 9.84. The van der Waals surface area contributed by atoms with E-state index >= 15 is 0 Å². The molecule has 6 N–H and O–H groups in total. The summed E-state index contributed by atoms with van der Waals surface area (Å²) in [7, 11) is 0. The number of rotatable bonds is 11. The van der Waals surface area contributed by atoms with Gasteiger partial charge in [-0.05, 0) is 61.4 Å². The van der Waals surface area contributed by atoms with Crippen LogP contribution in [0.1, 0.15) is 59.2 Å². The van der Waals surface area contributed by atoms with Crippen LogP contribution in [0.25, 0.3) is 0 Å². The van der Waals surface area contributed by atoms with Crippen molar-refractivity contribution in [3.05, 3.63) is 59.7 Å². The molecule has 6 heteroatoms. The van der Waals surface area contributed by atoms with Crippen LogP contribution in [-0.4, -0.2) is 24.9 Å². The highest BCUT2D eigenvalue weighted by Gasteiger charge is 2.05. The number of amides is 2. The van der Waals surface area contributed by atoms with E-state index in [9.17, 15) is 9.59 Å². The van der Waals surface area contributed by atoms with E-state index in [2.05, 4.69) is 10.6 Å². The Morgan fingerprint density at radius 3 is 1.25 bits per heavy atom. The van der Waals surface area contributed by atoms with Crippen molar-refractivity contribution in [2.45, 2.75) is 38.5 Å². The third-order valence-electron chi connectivity index (χ3n) is 4.52. The number of hydrogen-bond donors (Lipinski definition) is 4. The number of nitrogens with two attached hydrogens (primary N) is 2. The number of unbranched alkanes of at least 4 members (excludes halogenated alkanes) is 5. The minimum atomic E-state index is -0.0585. The lowest BCUT2D eigenvalue weighted by Gasteiger charge is -2.07. The summed E-state index contributed by atoms with van der Waals surface area (Å²) in [6.45, 7) is 1.36. The summed E-state index contributed by atoms with van der Waals surface area (Å²) in [6, 6.07) is 13.8. The second kappa shape index (κ2) is 11.6. The standard InChI is InChI=1S/C22H30N4O2/c23-19-11-7-17(8-12-19)21(27)25-15-5-3-1-2-4-6-16-26-22(28)18-9-13-20(24)14-10-18/h7-14H,1-6,15-16,23-24H2,(H,25,27)(H,26,28). The minimum Gasteiger partial charge on any atom is -0.399 e. The monoisotopic (exact) mass is 382 g/mol. The van der Waals surface area contributed by atoms with Crippen LogP contribution in [0.15, 0.2) is 48.5 Å². The Morgan fingerprint density at radius 2 is 0.893 bits per heavy atom. The lowest BCUT2D eigenvalue weighted by atomic mass is 10.1. The van der Waals surface area contributed by atoms with Crippen molar-refractivity contribution in [2.24, 2.45) is 0 Å². The summed E-state index contributed by atoms with van der Waals surface area (Å²) in [5.74, 6) is -0.117. The minimum absolute atomic E-state index is 0.0585. The van der Waals surface area contributed by atoms with Crippen LogP contribution in [0, 0.1) is 0 Å². The highest BCUT2D eigenvalue weighted by atomic mass is 16.2. The van der Waals surface area contributed by atoms with Gasteiger partial charge in [-0.2, -0.15) is 0 Å². The molecule has 0 spiro atoms. The molecule has 0 saturated carbocycles. The molecule has 0 atom stereocenters. The van der Waals surface area contributed by atoms with E-state index in [1.807, 2.05) is 0 Å². The van der Waals surface area contributed by atoms with Crippen LogP contribution < -0.4 is 22.1 Å². The summed E-state index contributed by atoms with van der Waals surface area (Å²) in [4.78, 5) is 23.9. The smallest absolute Gasteiger partial charge is 0.251 e. The van der Waals surface area contributed by atoms with Gasteiger partial charge in [0.1, 0.15) is 0 Å². The van der Waals surface area contributed by atoms with Gasteiger partial charge in [0.25, 0.3) is 11.8 Å². The van der Waals surface area contributed by atoms with Crippen molar-refractivity contribution >= 4 is 23.2 Å². The normalized spacial score (nSPS) is 10.4. The highest BCUT2D eigenvalue weighted by molar-refractivity contribution is 5.94. The van der Waals surface area contributed by atoms with E-state index < -0.39 is 0 Å². The molecule has 2 aromatic rings. The Kier molecular flexibility index (Phi) is 8.85. The molecular formula is C22H30N4O2. The molecule has 0 aliphatic rings. The second-order valence-corrected chi connectivity index (χ2v) is 6.88. The van der Waals surface area contributed by atoms with Crippen LogP contribution in [0.5, 0.6) is 0 Å². The Labute approximate surface area is 166 Å². The molecule has 0 fully saturated rings. The number of anilines is 2. The lowest BCUT2D eigenvalue weighted by Crippen LogP contribution is -2.24. The third-order valence-corrected chi connectivity index (χ3v) is 4.52. The van der Waals surface area contributed by atoms with Crippen molar-refractivity contribution in [3.8, 4) is 0 Å². The first-order chi connectivity index (χ1) is 13.6. The Morgan fingerprint density at radius 1 is 0.571 bits per heavy atom. The van der Waals surface area contributed by atoms with E-state index in [4.69, 9.17) is 11.5 Å². The molecule has 28 heavy (non-hydrogen) atoms. The van der Waals surface area contributed by atoms with E-state index in [1.165, 1.54) is 0 Å². The molecule has 2 rings (SSSR count). The highest BCUT2D eigenvalue weighted by Crippen LogP contribution is 2.08. The van der Waals surface area contributed by atoms with Gasteiger partial charge in [-0.3, -0.25) is 9.59 Å². The molecule has 0 saturated heterocycles. The van der Waals surface area contributed by atoms with Crippen molar-refractivity contribution in [2.75, 3.05) is 24.6 Å². The predicted octanol–water partition coefficient (Wildman–Crippen LogP) is 3.35. The van der Waals surface area contributed by atoms with Crippen LogP contribution in [0.3, 0.4) is 0 Å². The fourth-order valence-corrected chi connectivity index (χ4v) is 2.83. The van der Waals surface area contributed by atoms with Crippen LogP contribution in [0.4, 0.5) is 11.4 Å². The first kappa shape index (κ1) is 21.3. The molecule has 0 aliphatic heterocycles. The van der Waals surface area contributed by atoms with Crippen LogP contribution >= 0.6 is 0 Å². The van der Waals surface area contributed by atoms with Gasteiger partial charge in [-0.25, -0.2) is 0 Å². The zero-order valence-electron chi connectivity index (χ0n) is 16.2. The molecule has 0 aliphatic carbocycles. The Bertz CT molecular complexity index is 677. The van der Waals surface area contributed by atoms with Gasteiger partial charge < -0.3 is 22.1 Å². The summed E-state index contributed by atoms with van der Waals surface area (Å²) < 4.78 is 0. The quantitative estimate of drug-likeness (QED) is 0.353. The molecule has 0 radical (unpaired) electrons. The molecule has 0 bridgehead atoms. The molecule has 2 aromatic carbocycles.